The van der Waals surface area contributed by atoms with Crippen molar-refractivity contribution in [2.45, 2.75) is 26.2 Å². The Kier molecular flexibility index (Phi) is 10.0. The van der Waals surface area contributed by atoms with Gasteiger partial charge in [0.05, 0.1) is 6.61 Å². The molecule has 4 heteroatoms. The number of rotatable bonds is 9. The lowest BCUT2D eigenvalue weighted by molar-refractivity contribution is -0.148. The van der Waals surface area contributed by atoms with Crippen LogP contribution in [0.4, 0.5) is 0 Å². The molecular formula is C10H20O4. The smallest absolute Gasteiger partial charge is 0.332 e. The molecule has 0 heterocycles. The Balaban J connectivity index is 3.01. The van der Waals surface area contributed by atoms with Gasteiger partial charge >= 0.3 is 5.97 Å². The summed E-state index contributed by atoms with van der Waals surface area (Å²) in [6.45, 7) is 4.00. The first-order valence-electron chi connectivity index (χ1n) is 5.03. The first-order valence-corrected chi connectivity index (χ1v) is 5.03. The zero-order valence-corrected chi connectivity index (χ0v) is 9.08. The van der Waals surface area contributed by atoms with Gasteiger partial charge in [0.25, 0.3) is 0 Å². The molecule has 0 saturated heterocycles. The minimum absolute atomic E-state index is 0.0245. The zero-order valence-electron chi connectivity index (χ0n) is 9.08. The van der Waals surface area contributed by atoms with Crippen LogP contribution in [0.15, 0.2) is 0 Å². The SMILES string of the molecule is CCCCOCCCOC(=O)COC. The van der Waals surface area contributed by atoms with Crippen molar-refractivity contribution in [3.8, 4) is 0 Å². The lowest BCUT2D eigenvalue weighted by Crippen LogP contribution is -2.13. The van der Waals surface area contributed by atoms with Crippen LogP contribution in [0.25, 0.3) is 0 Å². The van der Waals surface area contributed by atoms with E-state index in [1.54, 1.807) is 0 Å². The van der Waals surface area contributed by atoms with E-state index in [1.165, 1.54) is 7.11 Å². The maximum absolute atomic E-state index is 10.8. The Morgan fingerprint density at radius 2 is 1.86 bits per heavy atom. The highest BCUT2D eigenvalue weighted by molar-refractivity contribution is 5.70. The van der Waals surface area contributed by atoms with Gasteiger partial charge in [-0.05, 0) is 6.42 Å². The van der Waals surface area contributed by atoms with Crippen molar-refractivity contribution in [3.05, 3.63) is 0 Å². The maximum Gasteiger partial charge on any atom is 0.332 e. The molecule has 0 radical (unpaired) electrons. The number of esters is 1. The number of carbonyl (C=O) groups excluding carboxylic acids is 1. The minimum Gasteiger partial charge on any atom is -0.464 e. The molecule has 0 amide bonds. The van der Waals surface area contributed by atoms with E-state index in [0.29, 0.717) is 13.2 Å². The summed E-state index contributed by atoms with van der Waals surface area (Å²) >= 11 is 0. The van der Waals surface area contributed by atoms with E-state index in [9.17, 15) is 4.79 Å². The normalized spacial score (nSPS) is 10.1. The molecule has 0 bridgehead atoms. The van der Waals surface area contributed by atoms with Crippen molar-refractivity contribution in [2.75, 3.05) is 33.5 Å². The highest BCUT2D eigenvalue weighted by Gasteiger charge is 1.99. The molecule has 0 rings (SSSR count). The van der Waals surface area contributed by atoms with Gasteiger partial charge in [0.15, 0.2) is 0 Å². The first-order chi connectivity index (χ1) is 6.81. The number of ether oxygens (including phenoxy) is 3. The molecular weight excluding hydrogens is 184 g/mol. The summed E-state index contributed by atoms with van der Waals surface area (Å²) in [5.74, 6) is -0.318. The van der Waals surface area contributed by atoms with Crippen LogP contribution < -0.4 is 0 Å². The Labute approximate surface area is 85.5 Å². The van der Waals surface area contributed by atoms with Crippen molar-refractivity contribution < 1.29 is 19.0 Å². The molecule has 0 spiro atoms. The van der Waals surface area contributed by atoms with Gasteiger partial charge in [-0.15, -0.1) is 0 Å². The zero-order chi connectivity index (χ0) is 10.6. The second kappa shape index (κ2) is 10.5. The van der Waals surface area contributed by atoms with E-state index in [-0.39, 0.29) is 12.6 Å². The predicted molar refractivity (Wildman–Crippen MR) is 53.2 cm³/mol. The number of methoxy groups -OCH3 is 1. The van der Waals surface area contributed by atoms with Gasteiger partial charge in [0.2, 0.25) is 0 Å². The van der Waals surface area contributed by atoms with Crippen LogP contribution >= 0.6 is 0 Å². The van der Waals surface area contributed by atoms with Crippen molar-refractivity contribution >= 4 is 5.97 Å². The third-order valence-corrected chi connectivity index (χ3v) is 1.60. The van der Waals surface area contributed by atoms with E-state index in [4.69, 9.17) is 9.47 Å². The molecule has 0 N–H and O–H groups in total. The average molecular weight is 204 g/mol. The topological polar surface area (TPSA) is 44.8 Å². The van der Waals surface area contributed by atoms with Crippen LogP contribution in [0, 0.1) is 0 Å². The lowest BCUT2D eigenvalue weighted by atomic mass is 10.4. The summed E-state index contributed by atoms with van der Waals surface area (Å²) in [6, 6.07) is 0. The first kappa shape index (κ1) is 13.4. The third-order valence-electron chi connectivity index (χ3n) is 1.60. The van der Waals surface area contributed by atoms with Crippen molar-refractivity contribution in [1.29, 1.82) is 0 Å². The van der Waals surface area contributed by atoms with Crippen molar-refractivity contribution in [3.63, 3.8) is 0 Å². The van der Waals surface area contributed by atoms with Crippen LogP contribution in [-0.4, -0.2) is 39.5 Å². The third kappa shape index (κ3) is 9.48. The molecule has 0 fully saturated rings. The molecule has 0 saturated carbocycles. The van der Waals surface area contributed by atoms with E-state index < -0.39 is 0 Å². The van der Waals surface area contributed by atoms with Crippen LogP contribution in [0.1, 0.15) is 26.2 Å². The Morgan fingerprint density at radius 3 is 2.50 bits per heavy atom. The van der Waals surface area contributed by atoms with Crippen LogP contribution in [0.2, 0.25) is 0 Å². The van der Waals surface area contributed by atoms with Crippen LogP contribution in [0.5, 0.6) is 0 Å². The molecule has 0 aliphatic rings. The van der Waals surface area contributed by atoms with E-state index in [0.717, 1.165) is 25.9 Å². The fraction of sp³-hybridized carbons (Fsp3) is 0.900. The molecule has 84 valence electrons. The quantitative estimate of drug-likeness (QED) is 0.420. The molecule has 0 aromatic heterocycles. The summed E-state index contributed by atoms with van der Waals surface area (Å²) in [5, 5.41) is 0. The fourth-order valence-electron chi connectivity index (χ4n) is 0.855. The number of unbranched alkanes of at least 4 members (excludes halogenated alkanes) is 1. The van der Waals surface area contributed by atoms with Gasteiger partial charge in [-0.3, -0.25) is 0 Å². The summed E-state index contributed by atoms with van der Waals surface area (Å²) in [6.07, 6.45) is 2.98. The monoisotopic (exact) mass is 204 g/mol. The fourth-order valence-corrected chi connectivity index (χ4v) is 0.855. The second-order valence-electron chi connectivity index (χ2n) is 2.97. The molecule has 0 aliphatic heterocycles. The van der Waals surface area contributed by atoms with Gasteiger partial charge in [-0.25, -0.2) is 4.79 Å². The summed E-state index contributed by atoms with van der Waals surface area (Å²) < 4.78 is 14.7. The van der Waals surface area contributed by atoms with Gasteiger partial charge in [-0.1, -0.05) is 13.3 Å². The van der Waals surface area contributed by atoms with Gasteiger partial charge in [-0.2, -0.15) is 0 Å². The molecule has 14 heavy (non-hydrogen) atoms. The number of carbonyl (C=O) groups is 1. The van der Waals surface area contributed by atoms with Crippen molar-refractivity contribution in [1.82, 2.24) is 0 Å². The van der Waals surface area contributed by atoms with Gasteiger partial charge in [0.1, 0.15) is 6.61 Å². The van der Waals surface area contributed by atoms with E-state index >= 15 is 0 Å². The number of hydrogen-bond acceptors (Lipinski definition) is 4. The molecule has 0 atom stereocenters. The highest BCUT2D eigenvalue weighted by atomic mass is 16.6. The molecule has 0 aromatic rings. The molecule has 4 nitrogen and oxygen atoms in total. The van der Waals surface area contributed by atoms with Gasteiger partial charge < -0.3 is 14.2 Å². The van der Waals surface area contributed by atoms with E-state index in [1.807, 2.05) is 0 Å². The average Bonchev–Trinajstić information content (AvgIpc) is 2.17. The Hall–Kier alpha value is -0.610. The summed E-state index contributed by atoms with van der Waals surface area (Å²) in [5.41, 5.74) is 0. The van der Waals surface area contributed by atoms with Crippen LogP contribution in [0.3, 0.4) is 0 Å². The largest absolute Gasteiger partial charge is 0.464 e. The maximum atomic E-state index is 10.8. The minimum atomic E-state index is -0.318. The standard InChI is InChI=1S/C10H20O4/c1-3-4-6-13-7-5-8-14-10(11)9-12-2/h3-9H2,1-2H3. The molecule has 0 unspecified atom stereocenters. The Morgan fingerprint density at radius 1 is 1.14 bits per heavy atom. The highest BCUT2D eigenvalue weighted by Crippen LogP contribution is 1.91. The summed E-state index contributed by atoms with van der Waals surface area (Å²) in [4.78, 5) is 10.8. The Bertz CT molecular complexity index is 136. The summed E-state index contributed by atoms with van der Waals surface area (Å²) in [7, 11) is 1.47. The predicted octanol–water partition coefficient (Wildman–Crippen LogP) is 1.38. The van der Waals surface area contributed by atoms with Crippen LogP contribution in [-0.2, 0) is 19.0 Å². The lowest BCUT2D eigenvalue weighted by Gasteiger charge is -2.04. The van der Waals surface area contributed by atoms with Crippen molar-refractivity contribution in [2.24, 2.45) is 0 Å². The molecule has 0 aromatic carbocycles. The van der Waals surface area contributed by atoms with E-state index in [2.05, 4.69) is 11.7 Å². The second-order valence-corrected chi connectivity index (χ2v) is 2.97. The number of hydrogen-bond donors (Lipinski definition) is 0. The molecule has 0 aliphatic carbocycles. The van der Waals surface area contributed by atoms with Gasteiger partial charge in [0, 0.05) is 26.7 Å².